The van der Waals surface area contributed by atoms with E-state index in [-0.39, 0.29) is 45.4 Å². The third-order valence-corrected chi connectivity index (χ3v) is 5.24. The summed E-state index contributed by atoms with van der Waals surface area (Å²) in [6, 6.07) is 3.37. The number of pyridine rings is 1. The van der Waals surface area contributed by atoms with Crippen molar-refractivity contribution in [3.05, 3.63) is 47.6 Å². The number of hydrogen-bond donors (Lipinski definition) is 0. The molecular formula is C21H32N2O6. The highest BCUT2D eigenvalue weighted by Crippen LogP contribution is 2.31. The smallest absolute Gasteiger partial charge is 0.310 e. The van der Waals surface area contributed by atoms with Gasteiger partial charge in [0.05, 0.1) is 12.2 Å². The van der Waals surface area contributed by atoms with Crippen LogP contribution in [0, 0.1) is 29.4 Å². The average Bonchev–Trinajstić information content (AvgIpc) is 2.70. The second-order valence-corrected chi connectivity index (χ2v) is 7.42. The predicted molar refractivity (Wildman–Crippen MR) is 106 cm³/mol. The van der Waals surface area contributed by atoms with E-state index in [1.165, 1.54) is 32.1 Å². The molecule has 1 heterocycles. The molecule has 0 bridgehead atoms. The molecule has 0 N–H and O–H groups in total. The number of ether oxygens (including phenoxy) is 1. The average molecular weight is 408 g/mol. The van der Waals surface area contributed by atoms with E-state index in [0.29, 0.717) is 23.8 Å². The lowest BCUT2D eigenvalue weighted by atomic mass is 9.79. The van der Waals surface area contributed by atoms with Crippen LogP contribution in [0.1, 0.15) is 68.6 Å². The molecule has 0 saturated heterocycles. The Labute approximate surface area is 172 Å². The Morgan fingerprint density at radius 3 is 2.72 bits per heavy atom. The Kier molecular flexibility index (Phi) is 10.9. The highest BCUT2D eigenvalue weighted by Gasteiger charge is 2.23. The van der Waals surface area contributed by atoms with Crippen LogP contribution >= 0.6 is 0 Å². The first-order valence-corrected chi connectivity index (χ1v) is 9.91. The van der Waals surface area contributed by atoms with Crippen LogP contribution < -0.4 is 4.57 Å². The first-order valence-electron chi connectivity index (χ1n) is 9.91. The lowest BCUT2D eigenvalue weighted by molar-refractivity contribution is -0.757. The zero-order valence-electron chi connectivity index (χ0n) is 17.4. The van der Waals surface area contributed by atoms with E-state index >= 15 is 0 Å². The molecule has 0 aromatic carbocycles. The summed E-state index contributed by atoms with van der Waals surface area (Å²) in [5.41, 5.74) is 0.468. The molecule has 1 aromatic heterocycles. The van der Waals surface area contributed by atoms with Crippen LogP contribution in [-0.4, -0.2) is 23.4 Å². The molecule has 1 aliphatic rings. The molecule has 162 valence electrons. The number of carbonyl (C=O) groups excluding carboxylic acids is 2. The summed E-state index contributed by atoms with van der Waals surface area (Å²) < 4.78 is 7.01. The van der Waals surface area contributed by atoms with Gasteiger partial charge < -0.3 is 17.0 Å². The van der Waals surface area contributed by atoms with Crippen molar-refractivity contribution in [3.8, 4) is 0 Å². The predicted octanol–water partition coefficient (Wildman–Crippen LogP) is 3.70. The summed E-state index contributed by atoms with van der Waals surface area (Å²) in [4.78, 5) is 38.6. The highest BCUT2D eigenvalue weighted by atomic mass is 16.9. The van der Waals surface area contributed by atoms with Gasteiger partial charge in [-0.1, -0.05) is 39.0 Å². The lowest BCUT2D eigenvalue weighted by Crippen LogP contribution is -2.36. The van der Waals surface area contributed by atoms with Crippen molar-refractivity contribution in [3.63, 3.8) is 0 Å². The fourth-order valence-electron chi connectivity index (χ4n) is 3.62. The maximum Gasteiger partial charge on any atom is 0.310 e. The maximum absolute atomic E-state index is 12.2. The number of ketones is 1. The highest BCUT2D eigenvalue weighted by molar-refractivity contribution is 5.95. The minimum Gasteiger partial charge on any atom is -0.405 e. The van der Waals surface area contributed by atoms with Crippen LogP contribution in [0.4, 0.5) is 0 Å². The van der Waals surface area contributed by atoms with Crippen molar-refractivity contribution in [1.82, 2.24) is 0 Å². The molecule has 1 saturated carbocycles. The Morgan fingerprint density at radius 1 is 1.31 bits per heavy atom. The third-order valence-electron chi connectivity index (χ3n) is 5.24. The zero-order valence-corrected chi connectivity index (χ0v) is 17.4. The number of aromatic nitrogens is 1. The molecule has 8 nitrogen and oxygen atoms in total. The van der Waals surface area contributed by atoms with Gasteiger partial charge in [0.1, 0.15) is 0 Å². The molecule has 0 spiro atoms. The van der Waals surface area contributed by atoms with Crippen LogP contribution in [0.2, 0.25) is 0 Å². The second kappa shape index (κ2) is 12.9. The van der Waals surface area contributed by atoms with Gasteiger partial charge in [-0.15, -0.1) is 10.1 Å². The number of hydrogen-bond acceptors (Lipinski definition) is 6. The Hall–Kier alpha value is -2.51. The number of carbonyl (C=O) groups is 2. The molecule has 0 unspecified atom stereocenters. The minimum atomic E-state index is -0.871. The van der Waals surface area contributed by atoms with E-state index in [1.807, 2.05) is 0 Å². The van der Waals surface area contributed by atoms with Crippen molar-refractivity contribution in [2.24, 2.45) is 11.8 Å². The SMILES string of the molecule is C[C@H](CC(=O)OC[n+]1cccc(C(=O)CCCO[N+](=O)[O-])c1)C1CCCCC1.[CH3-]. The van der Waals surface area contributed by atoms with Gasteiger partial charge in [-0.2, -0.15) is 4.57 Å². The fraction of sp³-hybridized carbons (Fsp3) is 0.619. The van der Waals surface area contributed by atoms with E-state index < -0.39 is 5.09 Å². The Bertz CT molecular complexity index is 673. The molecular weight excluding hydrogens is 376 g/mol. The first-order chi connectivity index (χ1) is 13.5. The molecule has 0 aliphatic heterocycles. The number of rotatable bonds is 11. The molecule has 1 fully saturated rings. The van der Waals surface area contributed by atoms with Gasteiger partial charge >= 0.3 is 5.97 Å². The van der Waals surface area contributed by atoms with Gasteiger partial charge in [-0.3, -0.25) is 9.59 Å². The fourth-order valence-corrected chi connectivity index (χ4v) is 3.62. The van der Waals surface area contributed by atoms with Gasteiger partial charge in [-0.05, 0) is 24.3 Å². The van der Waals surface area contributed by atoms with E-state index in [2.05, 4.69) is 11.8 Å². The van der Waals surface area contributed by atoms with Gasteiger partial charge in [0.25, 0.3) is 11.8 Å². The van der Waals surface area contributed by atoms with E-state index in [9.17, 15) is 19.7 Å². The molecule has 8 heteroatoms. The van der Waals surface area contributed by atoms with Crippen molar-refractivity contribution in [2.75, 3.05) is 6.61 Å². The normalized spacial score (nSPS) is 15.1. The van der Waals surface area contributed by atoms with Gasteiger partial charge in [-0.25, -0.2) is 0 Å². The summed E-state index contributed by atoms with van der Waals surface area (Å²) in [7, 11) is 0. The summed E-state index contributed by atoms with van der Waals surface area (Å²) in [6.45, 7) is 2.07. The lowest BCUT2D eigenvalue weighted by Gasteiger charge is -2.26. The summed E-state index contributed by atoms with van der Waals surface area (Å²) in [6.07, 6.45) is 10.4. The third kappa shape index (κ3) is 9.02. The molecule has 1 aliphatic carbocycles. The van der Waals surface area contributed by atoms with Gasteiger partial charge in [0.15, 0.2) is 18.2 Å². The van der Waals surface area contributed by atoms with Crippen LogP contribution in [0.5, 0.6) is 0 Å². The summed E-state index contributed by atoms with van der Waals surface area (Å²) in [5.74, 6) is 0.569. The van der Waals surface area contributed by atoms with Gasteiger partial charge in [0.2, 0.25) is 0 Å². The second-order valence-electron chi connectivity index (χ2n) is 7.42. The van der Waals surface area contributed by atoms with Crippen molar-refractivity contribution < 1.29 is 28.8 Å². The standard InChI is InChI=1S/C20H29N2O6.CH3/c1-16(17-7-3-2-4-8-17)13-20(24)27-15-21-11-5-9-18(14-21)19(23)10-6-12-28-22(25)26;/h5,9,11,14,16-17H,2-4,6-8,10,12-13,15H2,1H3;1H3/q+1;-1/t16-;/m1./s1. The van der Waals surface area contributed by atoms with Gasteiger partial charge in [0, 0.05) is 18.9 Å². The molecule has 29 heavy (non-hydrogen) atoms. The topological polar surface area (TPSA) is 99.6 Å². The molecule has 0 radical (unpaired) electrons. The van der Waals surface area contributed by atoms with Crippen molar-refractivity contribution >= 4 is 11.8 Å². The Morgan fingerprint density at radius 2 is 2.03 bits per heavy atom. The van der Waals surface area contributed by atoms with Crippen molar-refractivity contribution in [2.45, 2.75) is 65.0 Å². The van der Waals surface area contributed by atoms with Crippen molar-refractivity contribution in [1.29, 1.82) is 0 Å². The minimum absolute atomic E-state index is 0. The van der Waals surface area contributed by atoms with Crippen LogP contribution in [0.25, 0.3) is 0 Å². The quantitative estimate of drug-likeness (QED) is 0.105. The van der Waals surface area contributed by atoms with E-state index in [0.717, 1.165) is 0 Å². The number of Topliss-reactive ketones (excluding diaryl/α,β-unsaturated/α-hetero) is 1. The molecule has 2 rings (SSSR count). The van der Waals surface area contributed by atoms with Crippen LogP contribution in [-0.2, 0) is 21.1 Å². The van der Waals surface area contributed by atoms with E-state index in [4.69, 9.17) is 4.74 Å². The zero-order chi connectivity index (χ0) is 20.4. The number of esters is 1. The largest absolute Gasteiger partial charge is 0.405 e. The Balaban J connectivity index is 0.00000420. The summed E-state index contributed by atoms with van der Waals surface area (Å²) >= 11 is 0. The summed E-state index contributed by atoms with van der Waals surface area (Å²) in [5, 5.41) is 9.23. The monoisotopic (exact) mass is 408 g/mol. The molecule has 1 atom stereocenters. The molecule has 1 aromatic rings. The molecule has 0 amide bonds. The maximum atomic E-state index is 12.2. The van der Waals surface area contributed by atoms with Crippen LogP contribution in [0.3, 0.4) is 0 Å². The van der Waals surface area contributed by atoms with E-state index in [1.54, 1.807) is 29.1 Å². The number of nitrogens with zero attached hydrogens (tertiary/aromatic N) is 2. The first kappa shape index (κ1) is 24.5. The van der Waals surface area contributed by atoms with Crippen LogP contribution in [0.15, 0.2) is 24.5 Å².